The normalized spacial score (nSPS) is 23.6. The Morgan fingerprint density at radius 1 is 1.47 bits per heavy atom. The van der Waals surface area contributed by atoms with E-state index in [1.54, 1.807) is 0 Å². The van der Waals surface area contributed by atoms with E-state index in [1.165, 1.54) is 0 Å². The van der Waals surface area contributed by atoms with E-state index >= 15 is 0 Å². The quantitative estimate of drug-likeness (QED) is 0.725. The molecule has 0 saturated carbocycles. The molecule has 1 atom stereocenters. The molecule has 0 aromatic carbocycles. The van der Waals surface area contributed by atoms with E-state index in [4.69, 9.17) is 5.73 Å². The zero-order valence-electron chi connectivity index (χ0n) is 10.5. The third kappa shape index (κ3) is 4.63. The summed E-state index contributed by atoms with van der Waals surface area (Å²) in [6.07, 6.45) is 1.28. The van der Waals surface area contributed by atoms with Gasteiger partial charge in [0.1, 0.15) is 0 Å². The number of carbonyl (C=O) groups is 1. The lowest BCUT2D eigenvalue weighted by atomic mass is 9.89. The summed E-state index contributed by atoms with van der Waals surface area (Å²) in [6.45, 7) is 5.19. The van der Waals surface area contributed by atoms with Gasteiger partial charge in [-0.2, -0.15) is 0 Å². The van der Waals surface area contributed by atoms with Gasteiger partial charge < -0.3 is 11.1 Å². The highest BCUT2D eigenvalue weighted by Crippen LogP contribution is 2.20. The molecular formula is C11H22N2O3S. The molecule has 100 valence electrons. The van der Waals surface area contributed by atoms with Gasteiger partial charge in [-0.25, -0.2) is 8.42 Å². The first-order valence-electron chi connectivity index (χ1n) is 5.94. The molecule has 1 rings (SSSR count). The first-order valence-corrected chi connectivity index (χ1v) is 7.76. The predicted octanol–water partition coefficient (Wildman–Crippen LogP) is -0.0877. The summed E-state index contributed by atoms with van der Waals surface area (Å²) in [5, 5.41) is 2.83. The maximum atomic E-state index is 11.8. The first-order chi connectivity index (χ1) is 7.76. The van der Waals surface area contributed by atoms with Crippen molar-refractivity contribution >= 4 is 15.7 Å². The Balaban J connectivity index is 2.41. The van der Waals surface area contributed by atoms with Crippen LogP contribution in [0.2, 0.25) is 0 Å². The second kappa shape index (κ2) is 5.35. The highest BCUT2D eigenvalue weighted by molar-refractivity contribution is 7.91. The Bertz CT molecular complexity index is 376. The fourth-order valence-corrected chi connectivity index (χ4v) is 3.69. The van der Waals surface area contributed by atoms with Crippen LogP contribution in [0.5, 0.6) is 0 Å². The van der Waals surface area contributed by atoms with Gasteiger partial charge in [-0.1, -0.05) is 13.8 Å². The summed E-state index contributed by atoms with van der Waals surface area (Å²) in [6, 6.07) is 0. The Kier molecular flexibility index (Phi) is 4.55. The van der Waals surface area contributed by atoms with Crippen molar-refractivity contribution in [2.24, 2.45) is 17.1 Å². The van der Waals surface area contributed by atoms with E-state index in [2.05, 4.69) is 5.32 Å². The van der Waals surface area contributed by atoms with Gasteiger partial charge in [0, 0.05) is 6.54 Å². The van der Waals surface area contributed by atoms with Crippen molar-refractivity contribution in [1.82, 2.24) is 5.32 Å². The van der Waals surface area contributed by atoms with Gasteiger partial charge in [0.05, 0.1) is 17.4 Å². The second-order valence-corrected chi connectivity index (χ2v) is 7.75. The van der Waals surface area contributed by atoms with Gasteiger partial charge in [0.25, 0.3) is 0 Å². The summed E-state index contributed by atoms with van der Waals surface area (Å²) in [4.78, 5) is 11.8. The molecule has 1 amide bonds. The number of sulfone groups is 1. The molecule has 1 unspecified atom stereocenters. The summed E-state index contributed by atoms with van der Waals surface area (Å²) >= 11 is 0. The van der Waals surface area contributed by atoms with E-state index in [0.29, 0.717) is 19.5 Å². The monoisotopic (exact) mass is 262 g/mol. The van der Waals surface area contributed by atoms with Gasteiger partial charge in [-0.15, -0.1) is 0 Å². The van der Waals surface area contributed by atoms with Gasteiger partial charge >= 0.3 is 0 Å². The van der Waals surface area contributed by atoms with E-state index in [1.807, 2.05) is 13.8 Å². The number of nitrogens with one attached hydrogen (secondary N) is 1. The Labute approximate surface area is 103 Å². The average Bonchev–Trinajstić information content (AvgIpc) is 2.55. The third-order valence-electron chi connectivity index (χ3n) is 3.17. The molecule has 1 fully saturated rings. The molecule has 1 aliphatic heterocycles. The zero-order chi connectivity index (χ0) is 13.1. The molecule has 3 N–H and O–H groups in total. The van der Waals surface area contributed by atoms with Gasteiger partial charge in [0.2, 0.25) is 5.91 Å². The number of hydrogen-bond acceptors (Lipinski definition) is 4. The van der Waals surface area contributed by atoms with Gasteiger partial charge in [0.15, 0.2) is 9.84 Å². The van der Waals surface area contributed by atoms with Gasteiger partial charge in [-0.3, -0.25) is 4.79 Å². The number of nitrogens with two attached hydrogens (primary N) is 1. The van der Waals surface area contributed by atoms with Crippen LogP contribution in [0.25, 0.3) is 0 Å². The Hall–Kier alpha value is -0.620. The summed E-state index contributed by atoms with van der Waals surface area (Å²) in [5.41, 5.74) is 5.45. The minimum Gasteiger partial charge on any atom is -0.355 e. The lowest BCUT2D eigenvalue weighted by molar-refractivity contribution is -0.124. The standard InChI is InChI=1S/C11H22N2O3S/c1-11(2,4-5-12)8-13-10(14)9-3-6-17(15,16)7-9/h9H,3-8,12H2,1-2H3,(H,13,14). The van der Waals surface area contributed by atoms with E-state index in [9.17, 15) is 13.2 Å². The predicted molar refractivity (Wildman–Crippen MR) is 67.2 cm³/mol. The minimum atomic E-state index is -2.99. The van der Waals surface area contributed by atoms with Crippen molar-refractivity contribution in [3.05, 3.63) is 0 Å². The van der Waals surface area contributed by atoms with Crippen LogP contribution in [-0.4, -0.2) is 38.9 Å². The Morgan fingerprint density at radius 2 is 2.12 bits per heavy atom. The molecule has 0 spiro atoms. The molecule has 1 saturated heterocycles. The maximum Gasteiger partial charge on any atom is 0.224 e. The van der Waals surface area contributed by atoms with Crippen LogP contribution in [0, 0.1) is 11.3 Å². The van der Waals surface area contributed by atoms with Gasteiger partial charge in [-0.05, 0) is 24.8 Å². The molecule has 0 radical (unpaired) electrons. The number of rotatable bonds is 5. The minimum absolute atomic E-state index is 0.00382. The van der Waals surface area contributed by atoms with Crippen LogP contribution in [0.15, 0.2) is 0 Å². The van der Waals surface area contributed by atoms with E-state index in [-0.39, 0.29) is 28.7 Å². The van der Waals surface area contributed by atoms with Crippen molar-refractivity contribution in [3.63, 3.8) is 0 Å². The van der Waals surface area contributed by atoms with Crippen molar-refractivity contribution in [2.45, 2.75) is 26.7 Å². The van der Waals surface area contributed by atoms with E-state index in [0.717, 1.165) is 6.42 Å². The molecule has 1 heterocycles. The molecular weight excluding hydrogens is 240 g/mol. The number of hydrogen-bond donors (Lipinski definition) is 2. The summed E-state index contributed by atoms with van der Waals surface area (Å²) in [5.74, 6) is -0.377. The average molecular weight is 262 g/mol. The fourth-order valence-electron chi connectivity index (χ4n) is 1.95. The number of carbonyl (C=O) groups excluding carboxylic acids is 1. The Morgan fingerprint density at radius 3 is 2.59 bits per heavy atom. The smallest absolute Gasteiger partial charge is 0.224 e. The van der Waals surface area contributed by atoms with Crippen LogP contribution in [0.1, 0.15) is 26.7 Å². The van der Waals surface area contributed by atoms with Crippen LogP contribution in [-0.2, 0) is 14.6 Å². The summed E-state index contributed by atoms with van der Waals surface area (Å²) in [7, 11) is -2.99. The van der Waals surface area contributed by atoms with Crippen LogP contribution in [0.4, 0.5) is 0 Å². The summed E-state index contributed by atoms with van der Waals surface area (Å²) < 4.78 is 22.5. The van der Waals surface area contributed by atoms with Crippen molar-refractivity contribution in [3.8, 4) is 0 Å². The lowest BCUT2D eigenvalue weighted by Crippen LogP contribution is -2.38. The topological polar surface area (TPSA) is 89.3 Å². The molecule has 0 aromatic rings. The second-order valence-electron chi connectivity index (χ2n) is 5.52. The largest absolute Gasteiger partial charge is 0.355 e. The first kappa shape index (κ1) is 14.4. The molecule has 0 aliphatic carbocycles. The molecule has 17 heavy (non-hydrogen) atoms. The molecule has 0 bridgehead atoms. The third-order valence-corrected chi connectivity index (χ3v) is 4.93. The highest BCUT2D eigenvalue weighted by atomic mass is 32.2. The van der Waals surface area contributed by atoms with Crippen molar-refractivity contribution < 1.29 is 13.2 Å². The molecule has 1 aliphatic rings. The molecule has 0 aromatic heterocycles. The van der Waals surface area contributed by atoms with Crippen LogP contribution >= 0.6 is 0 Å². The zero-order valence-corrected chi connectivity index (χ0v) is 11.3. The van der Waals surface area contributed by atoms with Crippen LogP contribution < -0.4 is 11.1 Å². The lowest BCUT2D eigenvalue weighted by Gasteiger charge is -2.24. The number of amides is 1. The SMILES string of the molecule is CC(C)(CCN)CNC(=O)C1CCS(=O)(=O)C1. The van der Waals surface area contributed by atoms with Crippen LogP contribution in [0.3, 0.4) is 0 Å². The highest BCUT2D eigenvalue weighted by Gasteiger charge is 2.33. The van der Waals surface area contributed by atoms with Crippen molar-refractivity contribution in [2.75, 3.05) is 24.6 Å². The molecule has 5 nitrogen and oxygen atoms in total. The molecule has 6 heteroatoms. The van der Waals surface area contributed by atoms with Crippen molar-refractivity contribution in [1.29, 1.82) is 0 Å². The fraction of sp³-hybridized carbons (Fsp3) is 0.909. The maximum absolute atomic E-state index is 11.8. The van der Waals surface area contributed by atoms with E-state index < -0.39 is 9.84 Å².